The molecule has 3 heterocycles. The van der Waals surface area contributed by atoms with Crippen molar-refractivity contribution in [2.45, 2.75) is 32.8 Å². The molecule has 4 rings (SSSR count). The Balaban J connectivity index is 1.38. The van der Waals surface area contributed by atoms with Gasteiger partial charge in [0.2, 0.25) is 0 Å². The lowest BCUT2D eigenvalue weighted by molar-refractivity contribution is 0.0237. The molecular weight excluding hydrogens is 354 g/mol. The highest BCUT2D eigenvalue weighted by molar-refractivity contribution is 5.87. The number of carbonyl (C=O) groups excluding carboxylic acids is 1. The van der Waals surface area contributed by atoms with E-state index in [1.807, 2.05) is 50.2 Å². The molecule has 1 saturated heterocycles. The second-order valence-electron chi connectivity index (χ2n) is 7.09. The van der Waals surface area contributed by atoms with Crippen LogP contribution in [0.15, 0.2) is 48.7 Å². The average molecular weight is 377 g/mol. The zero-order valence-corrected chi connectivity index (χ0v) is 16.1. The Morgan fingerprint density at radius 1 is 1.11 bits per heavy atom. The Hall–Kier alpha value is -3.22. The minimum atomic E-state index is -0.369. The molecule has 1 aromatic carbocycles. The first kappa shape index (κ1) is 18.2. The number of esters is 1. The third-order valence-corrected chi connectivity index (χ3v) is 4.97. The summed E-state index contributed by atoms with van der Waals surface area (Å²) >= 11 is 0. The van der Waals surface area contributed by atoms with E-state index in [0.717, 1.165) is 43.1 Å². The third kappa shape index (κ3) is 3.88. The number of rotatable bonds is 4. The van der Waals surface area contributed by atoms with Crippen molar-refractivity contribution in [1.29, 1.82) is 0 Å². The molecule has 0 spiro atoms. The van der Waals surface area contributed by atoms with Crippen molar-refractivity contribution in [3.8, 4) is 5.69 Å². The predicted octanol–water partition coefficient (Wildman–Crippen LogP) is 3.10. The fourth-order valence-electron chi connectivity index (χ4n) is 3.40. The van der Waals surface area contributed by atoms with Gasteiger partial charge in [0.15, 0.2) is 11.5 Å². The van der Waals surface area contributed by atoms with E-state index in [0.29, 0.717) is 5.69 Å². The second kappa shape index (κ2) is 7.80. The number of aromatic nitrogens is 4. The molecule has 0 unspecified atom stereocenters. The molecule has 0 amide bonds. The number of carbonyl (C=O) groups is 1. The molecule has 7 heteroatoms. The average Bonchev–Trinajstić information content (AvgIpc) is 3.12. The highest BCUT2D eigenvalue weighted by Crippen LogP contribution is 2.20. The molecule has 1 aliphatic heterocycles. The van der Waals surface area contributed by atoms with Crippen LogP contribution in [-0.4, -0.2) is 45.1 Å². The molecule has 1 fully saturated rings. The number of hydrogen-bond donors (Lipinski definition) is 0. The van der Waals surface area contributed by atoms with Crippen LogP contribution in [0.4, 0.5) is 5.82 Å². The van der Waals surface area contributed by atoms with Crippen molar-refractivity contribution in [1.82, 2.24) is 20.0 Å². The normalized spacial score (nSPS) is 14.9. The van der Waals surface area contributed by atoms with Gasteiger partial charge in [0.25, 0.3) is 0 Å². The number of piperidine rings is 1. The van der Waals surface area contributed by atoms with Crippen LogP contribution in [0.5, 0.6) is 0 Å². The van der Waals surface area contributed by atoms with Gasteiger partial charge in [-0.1, -0.05) is 17.7 Å². The maximum absolute atomic E-state index is 12.6. The monoisotopic (exact) mass is 377 g/mol. The molecule has 144 valence electrons. The van der Waals surface area contributed by atoms with Crippen LogP contribution in [0, 0.1) is 13.8 Å². The second-order valence-corrected chi connectivity index (χ2v) is 7.09. The van der Waals surface area contributed by atoms with Crippen molar-refractivity contribution < 1.29 is 9.53 Å². The van der Waals surface area contributed by atoms with Crippen LogP contribution in [0.25, 0.3) is 5.69 Å². The molecule has 0 bridgehead atoms. The number of ether oxygens (including phenoxy) is 1. The van der Waals surface area contributed by atoms with Crippen molar-refractivity contribution in [2.75, 3.05) is 18.0 Å². The Morgan fingerprint density at radius 2 is 1.86 bits per heavy atom. The summed E-state index contributed by atoms with van der Waals surface area (Å²) in [6.07, 6.45) is 3.08. The summed E-state index contributed by atoms with van der Waals surface area (Å²) in [5, 5.41) is 12.5. The summed E-state index contributed by atoms with van der Waals surface area (Å²) in [7, 11) is 0. The zero-order chi connectivity index (χ0) is 19.5. The highest BCUT2D eigenvalue weighted by atomic mass is 16.5. The van der Waals surface area contributed by atoms with Gasteiger partial charge in [0.05, 0.1) is 5.69 Å². The van der Waals surface area contributed by atoms with E-state index in [1.165, 1.54) is 5.56 Å². The van der Waals surface area contributed by atoms with Crippen LogP contribution in [0.1, 0.15) is 34.6 Å². The number of aryl methyl sites for hydroxylation is 2. The standard InChI is InChI=1S/C21H23N5O2/c1-15-5-7-17(8-6-15)26-16(2)14-19(24-26)21(27)28-18-9-12-25(13-10-18)20-4-3-11-22-23-20/h3-8,11,14,18H,9-10,12-13H2,1-2H3. The Morgan fingerprint density at radius 3 is 2.54 bits per heavy atom. The molecular formula is C21H23N5O2. The zero-order valence-electron chi connectivity index (χ0n) is 16.1. The van der Waals surface area contributed by atoms with Gasteiger partial charge in [-0.05, 0) is 44.2 Å². The van der Waals surface area contributed by atoms with Crippen molar-refractivity contribution in [2.24, 2.45) is 0 Å². The van der Waals surface area contributed by atoms with Gasteiger partial charge in [0, 0.05) is 37.8 Å². The van der Waals surface area contributed by atoms with E-state index in [2.05, 4.69) is 20.2 Å². The highest BCUT2D eigenvalue weighted by Gasteiger charge is 2.25. The summed E-state index contributed by atoms with van der Waals surface area (Å²) in [5.74, 6) is 0.492. The summed E-state index contributed by atoms with van der Waals surface area (Å²) in [6.45, 7) is 5.54. The summed E-state index contributed by atoms with van der Waals surface area (Å²) in [5.41, 5.74) is 3.35. The van der Waals surface area contributed by atoms with Gasteiger partial charge < -0.3 is 9.64 Å². The quantitative estimate of drug-likeness (QED) is 0.651. The number of benzene rings is 1. The first-order valence-electron chi connectivity index (χ1n) is 9.47. The molecule has 1 aliphatic rings. The van der Waals surface area contributed by atoms with E-state index in [-0.39, 0.29) is 12.1 Å². The van der Waals surface area contributed by atoms with Gasteiger partial charge >= 0.3 is 5.97 Å². The van der Waals surface area contributed by atoms with E-state index in [4.69, 9.17) is 4.74 Å². The van der Waals surface area contributed by atoms with Gasteiger partial charge in [-0.3, -0.25) is 0 Å². The first-order valence-corrected chi connectivity index (χ1v) is 9.47. The molecule has 2 aromatic heterocycles. The van der Waals surface area contributed by atoms with Crippen LogP contribution in [0.3, 0.4) is 0 Å². The maximum atomic E-state index is 12.6. The smallest absolute Gasteiger partial charge is 0.359 e. The third-order valence-electron chi connectivity index (χ3n) is 4.97. The molecule has 7 nitrogen and oxygen atoms in total. The molecule has 0 saturated carbocycles. The van der Waals surface area contributed by atoms with Crippen LogP contribution >= 0.6 is 0 Å². The lowest BCUT2D eigenvalue weighted by atomic mass is 10.1. The van der Waals surface area contributed by atoms with E-state index in [9.17, 15) is 4.79 Å². The fourth-order valence-corrected chi connectivity index (χ4v) is 3.40. The van der Waals surface area contributed by atoms with Crippen molar-refractivity contribution >= 4 is 11.8 Å². The van der Waals surface area contributed by atoms with E-state index < -0.39 is 0 Å². The van der Waals surface area contributed by atoms with Gasteiger partial charge in [-0.2, -0.15) is 10.2 Å². The molecule has 28 heavy (non-hydrogen) atoms. The summed E-state index contributed by atoms with van der Waals surface area (Å²) in [6, 6.07) is 13.6. The van der Waals surface area contributed by atoms with Gasteiger partial charge in [0.1, 0.15) is 6.10 Å². The molecule has 3 aromatic rings. The van der Waals surface area contributed by atoms with Crippen LogP contribution in [-0.2, 0) is 4.74 Å². The molecule has 0 atom stereocenters. The van der Waals surface area contributed by atoms with Crippen molar-refractivity contribution in [3.05, 3.63) is 65.6 Å². The van der Waals surface area contributed by atoms with Crippen molar-refractivity contribution in [3.63, 3.8) is 0 Å². The minimum Gasteiger partial charge on any atom is -0.457 e. The van der Waals surface area contributed by atoms with Crippen LogP contribution in [0.2, 0.25) is 0 Å². The van der Waals surface area contributed by atoms with Gasteiger partial charge in [-0.15, -0.1) is 5.10 Å². The molecule has 0 radical (unpaired) electrons. The topological polar surface area (TPSA) is 73.1 Å². The predicted molar refractivity (Wildman–Crippen MR) is 106 cm³/mol. The van der Waals surface area contributed by atoms with Crippen LogP contribution < -0.4 is 4.90 Å². The number of anilines is 1. The number of nitrogens with zero attached hydrogens (tertiary/aromatic N) is 5. The van der Waals surface area contributed by atoms with Gasteiger partial charge in [-0.25, -0.2) is 9.48 Å². The Kier molecular flexibility index (Phi) is 5.06. The Bertz CT molecular complexity index is 945. The lowest BCUT2D eigenvalue weighted by Crippen LogP contribution is -2.38. The Labute approximate surface area is 164 Å². The summed E-state index contributed by atoms with van der Waals surface area (Å²) < 4.78 is 7.48. The largest absolute Gasteiger partial charge is 0.457 e. The number of hydrogen-bond acceptors (Lipinski definition) is 6. The fraction of sp³-hybridized carbons (Fsp3) is 0.333. The SMILES string of the molecule is Cc1ccc(-n2nc(C(=O)OC3CCN(c4cccnn4)CC3)cc2C)cc1. The lowest BCUT2D eigenvalue weighted by Gasteiger charge is -2.31. The maximum Gasteiger partial charge on any atom is 0.359 e. The van der Waals surface area contributed by atoms with E-state index in [1.54, 1.807) is 16.9 Å². The molecule has 0 aliphatic carbocycles. The molecule has 0 N–H and O–H groups in total. The summed E-state index contributed by atoms with van der Waals surface area (Å²) in [4.78, 5) is 14.7. The minimum absolute atomic E-state index is 0.106. The first-order chi connectivity index (χ1) is 13.6. The van der Waals surface area contributed by atoms with E-state index >= 15 is 0 Å².